The Bertz CT molecular complexity index is 976. The first-order valence-corrected chi connectivity index (χ1v) is 7.80. The van der Waals surface area contributed by atoms with Crippen molar-refractivity contribution in [1.29, 1.82) is 0 Å². The van der Waals surface area contributed by atoms with Crippen LogP contribution in [0.5, 0.6) is 28.7 Å². The van der Waals surface area contributed by atoms with Crippen molar-refractivity contribution in [2.75, 3.05) is 13.6 Å². The summed E-state index contributed by atoms with van der Waals surface area (Å²) in [6, 6.07) is 4.99. The highest BCUT2D eigenvalue weighted by Gasteiger charge is 2.24. The normalized spacial score (nSPS) is 12.6. The first-order valence-electron chi connectivity index (χ1n) is 7.80. The molecule has 0 aliphatic carbocycles. The van der Waals surface area contributed by atoms with Crippen LogP contribution in [0.4, 0.5) is 11.4 Å². The second kappa shape index (κ2) is 8.16. The summed E-state index contributed by atoms with van der Waals surface area (Å²) < 4.78 is 24.4. The number of rotatable bonds is 5. The molecule has 2 aliphatic heterocycles. The van der Waals surface area contributed by atoms with Gasteiger partial charge in [-0.05, 0) is 6.07 Å². The Morgan fingerprint density at radius 1 is 0.897 bits per heavy atom. The number of benzene rings is 2. The molecule has 13 heteroatoms. The van der Waals surface area contributed by atoms with Crippen LogP contribution in [0.1, 0.15) is 5.56 Å². The summed E-state index contributed by atoms with van der Waals surface area (Å²) in [5.74, 6) is 0.915. The van der Waals surface area contributed by atoms with Gasteiger partial charge in [0.05, 0.1) is 27.5 Å². The van der Waals surface area contributed by atoms with E-state index in [4.69, 9.17) is 24.1 Å². The number of hydrogen-bond acceptors (Lipinski definition) is 11. The minimum Gasteiger partial charge on any atom is -0.502 e. The molecule has 0 fully saturated rings. The summed E-state index contributed by atoms with van der Waals surface area (Å²) in [5.41, 5.74) is -0.281. The van der Waals surface area contributed by atoms with Crippen LogP contribution < -0.4 is 18.9 Å². The SMILES string of the molecule is O=COCc1cc2c(cc1[N+](=O)[O-])OCO2.O=[N+]([O-])c1cc2c(cc1O)OCO2. The van der Waals surface area contributed by atoms with Crippen LogP contribution in [0.15, 0.2) is 24.3 Å². The van der Waals surface area contributed by atoms with E-state index in [0.717, 1.165) is 6.07 Å². The van der Waals surface area contributed by atoms with E-state index in [1.165, 1.54) is 18.2 Å². The molecule has 2 aliphatic rings. The maximum absolute atomic E-state index is 10.8. The fraction of sp³-hybridized carbons (Fsp3) is 0.188. The van der Waals surface area contributed by atoms with Gasteiger partial charge >= 0.3 is 5.69 Å². The number of aromatic hydroxyl groups is 1. The molecule has 0 atom stereocenters. The van der Waals surface area contributed by atoms with E-state index in [1.54, 1.807) is 0 Å². The minimum atomic E-state index is -0.683. The monoisotopic (exact) mass is 408 g/mol. The van der Waals surface area contributed by atoms with Crippen molar-refractivity contribution in [1.82, 2.24) is 0 Å². The van der Waals surface area contributed by atoms with Crippen molar-refractivity contribution < 1.29 is 43.4 Å². The van der Waals surface area contributed by atoms with Gasteiger partial charge in [-0.15, -0.1) is 0 Å². The van der Waals surface area contributed by atoms with Crippen molar-refractivity contribution in [2.45, 2.75) is 6.61 Å². The van der Waals surface area contributed by atoms with Gasteiger partial charge in [-0.1, -0.05) is 0 Å². The van der Waals surface area contributed by atoms with Crippen LogP contribution in [0.25, 0.3) is 0 Å². The maximum atomic E-state index is 10.8. The molecule has 152 valence electrons. The number of phenols is 1. The summed E-state index contributed by atoms with van der Waals surface area (Å²) in [6.07, 6.45) is 0. The first-order chi connectivity index (χ1) is 13.9. The predicted octanol–water partition coefficient (Wildman–Crippen LogP) is 2.03. The molecular weight excluding hydrogens is 396 g/mol. The van der Waals surface area contributed by atoms with Crippen LogP contribution in [0.3, 0.4) is 0 Å². The van der Waals surface area contributed by atoms with Crippen LogP contribution in [-0.2, 0) is 16.1 Å². The quantitative estimate of drug-likeness (QED) is 0.436. The second-order valence-electron chi connectivity index (χ2n) is 5.45. The number of nitro benzene ring substituents is 2. The first kappa shape index (κ1) is 19.5. The van der Waals surface area contributed by atoms with E-state index in [1.807, 2.05) is 0 Å². The zero-order valence-corrected chi connectivity index (χ0v) is 14.4. The summed E-state index contributed by atoms with van der Waals surface area (Å²) in [6.45, 7) is 0.116. The summed E-state index contributed by atoms with van der Waals surface area (Å²) >= 11 is 0. The molecule has 0 amide bonds. The van der Waals surface area contributed by atoms with E-state index >= 15 is 0 Å². The number of ether oxygens (including phenoxy) is 5. The molecule has 2 heterocycles. The van der Waals surface area contributed by atoms with Crippen LogP contribution in [0, 0.1) is 20.2 Å². The zero-order valence-electron chi connectivity index (χ0n) is 14.4. The van der Waals surface area contributed by atoms with Crippen molar-refractivity contribution in [2.24, 2.45) is 0 Å². The Labute approximate surface area is 161 Å². The van der Waals surface area contributed by atoms with Gasteiger partial charge in [0.15, 0.2) is 28.7 Å². The number of phenolic OH excluding ortho intramolecular Hbond substituents is 1. The second-order valence-corrected chi connectivity index (χ2v) is 5.45. The van der Waals surface area contributed by atoms with Gasteiger partial charge in [0.2, 0.25) is 13.6 Å². The molecule has 0 radical (unpaired) electrons. The number of carbonyl (C=O) groups is 1. The molecule has 0 aromatic heterocycles. The van der Waals surface area contributed by atoms with E-state index in [9.17, 15) is 25.0 Å². The molecular formula is C16H12N2O11. The maximum Gasteiger partial charge on any atom is 0.314 e. The molecule has 0 bridgehead atoms. The Balaban J connectivity index is 0.000000169. The highest BCUT2D eigenvalue weighted by Crippen LogP contribution is 2.41. The molecule has 0 unspecified atom stereocenters. The van der Waals surface area contributed by atoms with Gasteiger partial charge in [-0.3, -0.25) is 25.0 Å². The lowest BCUT2D eigenvalue weighted by Crippen LogP contribution is -1.98. The van der Waals surface area contributed by atoms with Crippen molar-refractivity contribution in [3.8, 4) is 28.7 Å². The average Bonchev–Trinajstić information content (AvgIpc) is 3.33. The number of nitro groups is 2. The van der Waals surface area contributed by atoms with E-state index in [2.05, 4.69) is 4.74 Å². The number of nitrogens with zero attached hydrogens (tertiary/aromatic N) is 2. The Morgan fingerprint density at radius 2 is 1.38 bits per heavy atom. The zero-order chi connectivity index (χ0) is 21.0. The smallest absolute Gasteiger partial charge is 0.314 e. The van der Waals surface area contributed by atoms with Gasteiger partial charge < -0.3 is 28.8 Å². The number of hydrogen-bond donors (Lipinski definition) is 1. The van der Waals surface area contributed by atoms with E-state index in [0.29, 0.717) is 17.2 Å². The average molecular weight is 408 g/mol. The topological polar surface area (TPSA) is 170 Å². The Morgan fingerprint density at radius 3 is 1.90 bits per heavy atom. The van der Waals surface area contributed by atoms with Gasteiger partial charge in [-0.2, -0.15) is 0 Å². The van der Waals surface area contributed by atoms with E-state index < -0.39 is 15.6 Å². The van der Waals surface area contributed by atoms with Crippen LogP contribution >= 0.6 is 0 Å². The molecule has 0 saturated carbocycles. The van der Waals surface area contributed by atoms with Gasteiger partial charge in [0.25, 0.3) is 12.2 Å². The van der Waals surface area contributed by atoms with Crippen molar-refractivity contribution >= 4 is 17.8 Å². The third kappa shape index (κ3) is 4.18. The highest BCUT2D eigenvalue weighted by atomic mass is 16.7. The lowest BCUT2D eigenvalue weighted by Gasteiger charge is -2.03. The lowest BCUT2D eigenvalue weighted by molar-refractivity contribution is -0.386. The van der Waals surface area contributed by atoms with E-state index in [-0.39, 0.29) is 49.4 Å². The van der Waals surface area contributed by atoms with Crippen molar-refractivity contribution in [3.63, 3.8) is 0 Å². The molecule has 2 aromatic rings. The summed E-state index contributed by atoms with van der Waals surface area (Å²) in [5, 5.41) is 30.3. The summed E-state index contributed by atoms with van der Waals surface area (Å²) in [4.78, 5) is 29.9. The number of carbonyl (C=O) groups excluding carboxylic acids is 1. The Kier molecular flexibility index (Phi) is 5.48. The molecule has 1 N–H and O–H groups in total. The van der Waals surface area contributed by atoms with Gasteiger partial charge in [-0.25, -0.2) is 0 Å². The molecule has 29 heavy (non-hydrogen) atoms. The van der Waals surface area contributed by atoms with Gasteiger partial charge in [0.1, 0.15) is 6.61 Å². The Hall–Kier alpha value is -4.29. The molecule has 0 saturated heterocycles. The fourth-order valence-electron chi connectivity index (χ4n) is 2.45. The summed E-state index contributed by atoms with van der Waals surface area (Å²) in [7, 11) is 0. The molecule has 2 aromatic carbocycles. The molecule has 13 nitrogen and oxygen atoms in total. The third-order valence-electron chi connectivity index (χ3n) is 3.74. The lowest BCUT2D eigenvalue weighted by atomic mass is 10.1. The van der Waals surface area contributed by atoms with Gasteiger partial charge in [0, 0.05) is 6.07 Å². The van der Waals surface area contributed by atoms with Crippen molar-refractivity contribution in [3.05, 3.63) is 50.1 Å². The van der Waals surface area contributed by atoms with Crippen LogP contribution in [-0.4, -0.2) is 35.0 Å². The third-order valence-corrected chi connectivity index (χ3v) is 3.74. The highest BCUT2D eigenvalue weighted by molar-refractivity contribution is 5.58. The molecule has 0 spiro atoms. The largest absolute Gasteiger partial charge is 0.502 e. The minimum absolute atomic E-state index is 0.0238. The standard InChI is InChI=1S/C9H7NO6.C7H5NO5/c11-4-14-3-6-1-8-9(16-5-15-8)2-7(6)10(12)13;9-5-2-7-6(12-3-13-7)1-4(5)8(10)11/h1-2,4H,3,5H2;1-2,9H,3H2. The predicted molar refractivity (Wildman–Crippen MR) is 91.0 cm³/mol. The number of fused-ring (bicyclic) bond motifs is 2. The van der Waals surface area contributed by atoms with Crippen LogP contribution in [0.2, 0.25) is 0 Å². The fourth-order valence-corrected chi connectivity index (χ4v) is 2.45. The molecule has 4 rings (SSSR count).